The number of ether oxygens (including phenoxy) is 1. The highest BCUT2D eigenvalue weighted by molar-refractivity contribution is 5.28. The molecule has 1 N–H and O–H groups in total. The Morgan fingerprint density at radius 2 is 2.10 bits per heavy atom. The molecule has 1 aliphatic carbocycles. The maximum absolute atomic E-state index is 5.52. The number of fused-ring (bicyclic) bond motifs is 1. The van der Waals surface area contributed by atoms with Crippen molar-refractivity contribution in [3.05, 3.63) is 53.5 Å². The minimum atomic E-state index is 0.420. The van der Waals surface area contributed by atoms with E-state index in [-0.39, 0.29) is 0 Å². The first-order valence-electron chi connectivity index (χ1n) is 7.38. The second-order valence-corrected chi connectivity index (χ2v) is 5.20. The standard InChI is InChI=1S/C17H21NO2/c1-2-19-14-8-6-13(7-9-14)12-18-16-4-3-5-17-15(16)10-11-20-17/h6-11,16,18H,2-5,12H2,1H3. The third-order valence-electron chi connectivity index (χ3n) is 3.84. The first-order chi connectivity index (χ1) is 9.86. The zero-order chi connectivity index (χ0) is 13.8. The van der Waals surface area contributed by atoms with Crippen molar-refractivity contribution in [1.82, 2.24) is 5.32 Å². The number of benzene rings is 1. The van der Waals surface area contributed by atoms with Gasteiger partial charge in [0.1, 0.15) is 11.5 Å². The fourth-order valence-corrected chi connectivity index (χ4v) is 2.81. The zero-order valence-electron chi connectivity index (χ0n) is 11.9. The smallest absolute Gasteiger partial charge is 0.119 e. The Morgan fingerprint density at radius 1 is 1.25 bits per heavy atom. The summed E-state index contributed by atoms with van der Waals surface area (Å²) in [4.78, 5) is 0. The third kappa shape index (κ3) is 2.88. The van der Waals surface area contributed by atoms with Crippen molar-refractivity contribution in [1.29, 1.82) is 0 Å². The summed E-state index contributed by atoms with van der Waals surface area (Å²) >= 11 is 0. The van der Waals surface area contributed by atoms with Crippen LogP contribution in [0.25, 0.3) is 0 Å². The molecule has 1 unspecified atom stereocenters. The molecule has 20 heavy (non-hydrogen) atoms. The molecule has 1 aromatic carbocycles. The van der Waals surface area contributed by atoms with Crippen LogP contribution in [0.2, 0.25) is 0 Å². The Labute approximate surface area is 119 Å². The molecular weight excluding hydrogens is 250 g/mol. The predicted molar refractivity (Wildman–Crippen MR) is 78.8 cm³/mol. The van der Waals surface area contributed by atoms with Crippen LogP contribution in [-0.2, 0) is 13.0 Å². The fourth-order valence-electron chi connectivity index (χ4n) is 2.81. The largest absolute Gasteiger partial charge is 0.494 e. The van der Waals surface area contributed by atoms with Crippen LogP contribution in [-0.4, -0.2) is 6.61 Å². The van der Waals surface area contributed by atoms with E-state index in [9.17, 15) is 0 Å². The molecule has 3 rings (SSSR count). The fraction of sp³-hybridized carbons (Fsp3) is 0.412. The lowest BCUT2D eigenvalue weighted by Gasteiger charge is -2.22. The predicted octanol–water partition coefficient (Wildman–Crippen LogP) is 3.85. The summed E-state index contributed by atoms with van der Waals surface area (Å²) in [5, 5.41) is 3.63. The van der Waals surface area contributed by atoms with E-state index in [0.717, 1.165) is 24.5 Å². The van der Waals surface area contributed by atoms with Gasteiger partial charge in [0, 0.05) is 24.6 Å². The van der Waals surface area contributed by atoms with E-state index in [4.69, 9.17) is 9.15 Å². The van der Waals surface area contributed by atoms with Crippen molar-refractivity contribution in [2.75, 3.05) is 6.61 Å². The molecule has 3 heteroatoms. The van der Waals surface area contributed by atoms with Crippen LogP contribution in [0.4, 0.5) is 0 Å². The third-order valence-corrected chi connectivity index (χ3v) is 3.84. The number of rotatable bonds is 5. The molecule has 1 atom stereocenters. The highest BCUT2D eigenvalue weighted by Gasteiger charge is 2.21. The van der Waals surface area contributed by atoms with E-state index in [0.29, 0.717) is 12.6 Å². The van der Waals surface area contributed by atoms with Crippen LogP contribution in [0.3, 0.4) is 0 Å². The Balaban J connectivity index is 1.60. The van der Waals surface area contributed by atoms with Crippen LogP contribution in [0, 0.1) is 0 Å². The van der Waals surface area contributed by atoms with Gasteiger partial charge in [-0.2, -0.15) is 0 Å². The molecule has 1 aromatic heterocycles. The van der Waals surface area contributed by atoms with E-state index < -0.39 is 0 Å². The summed E-state index contributed by atoms with van der Waals surface area (Å²) in [5.41, 5.74) is 2.62. The van der Waals surface area contributed by atoms with Crippen molar-refractivity contribution in [2.24, 2.45) is 0 Å². The molecule has 0 radical (unpaired) electrons. The van der Waals surface area contributed by atoms with Crippen molar-refractivity contribution < 1.29 is 9.15 Å². The molecule has 0 spiro atoms. The molecule has 1 aliphatic rings. The van der Waals surface area contributed by atoms with Crippen LogP contribution in [0.1, 0.15) is 42.7 Å². The SMILES string of the molecule is CCOc1ccc(CNC2CCCc3occc32)cc1. The molecule has 0 amide bonds. The molecule has 0 aliphatic heterocycles. The van der Waals surface area contributed by atoms with Gasteiger partial charge in [0.25, 0.3) is 0 Å². The molecule has 0 saturated carbocycles. The van der Waals surface area contributed by atoms with Gasteiger partial charge in [0.15, 0.2) is 0 Å². The molecular formula is C17H21NO2. The molecule has 2 aromatic rings. The lowest BCUT2D eigenvalue weighted by Crippen LogP contribution is -2.23. The average molecular weight is 271 g/mol. The molecule has 0 bridgehead atoms. The highest BCUT2D eigenvalue weighted by Crippen LogP contribution is 2.30. The number of furan rings is 1. The van der Waals surface area contributed by atoms with E-state index in [1.807, 2.05) is 25.3 Å². The van der Waals surface area contributed by atoms with Crippen LogP contribution in [0.15, 0.2) is 41.0 Å². The summed E-state index contributed by atoms with van der Waals surface area (Å²) in [6.45, 7) is 3.59. The number of nitrogens with one attached hydrogen (secondary N) is 1. The van der Waals surface area contributed by atoms with Gasteiger partial charge in [-0.05, 0) is 43.5 Å². The van der Waals surface area contributed by atoms with E-state index in [1.54, 1.807) is 0 Å². The van der Waals surface area contributed by atoms with Gasteiger partial charge in [-0.25, -0.2) is 0 Å². The summed E-state index contributed by atoms with van der Waals surface area (Å²) in [6, 6.07) is 10.8. The minimum absolute atomic E-state index is 0.420. The lowest BCUT2D eigenvalue weighted by atomic mass is 9.93. The van der Waals surface area contributed by atoms with E-state index in [1.165, 1.54) is 24.0 Å². The average Bonchev–Trinajstić information content (AvgIpc) is 2.96. The van der Waals surface area contributed by atoms with Crippen molar-refractivity contribution in [3.63, 3.8) is 0 Å². The molecule has 3 nitrogen and oxygen atoms in total. The Bertz CT molecular complexity index is 544. The number of hydrogen-bond acceptors (Lipinski definition) is 3. The van der Waals surface area contributed by atoms with Gasteiger partial charge >= 0.3 is 0 Å². The topological polar surface area (TPSA) is 34.4 Å². The zero-order valence-corrected chi connectivity index (χ0v) is 11.9. The summed E-state index contributed by atoms with van der Waals surface area (Å²) in [7, 11) is 0. The van der Waals surface area contributed by atoms with Gasteiger partial charge in [-0.1, -0.05) is 12.1 Å². The van der Waals surface area contributed by atoms with Gasteiger partial charge in [-0.3, -0.25) is 0 Å². The Hall–Kier alpha value is -1.74. The number of aryl methyl sites for hydroxylation is 1. The second kappa shape index (κ2) is 6.14. The van der Waals surface area contributed by atoms with E-state index >= 15 is 0 Å². The molecule has 1 heterocycles. The van der Waals surface area contributed by atoms with Crippen molar-refractivity contribution in [2.45, 2.75) is 38.8 Å². The minimum Gasteiger partial charge on any atom is -0.494 e. The van der Waals surface area contributed by atoms with Gasteiger partial charge in [0.2, 0.25) is 0 Å². The second-order valence-electron chi connectivity index (χ2n) is 5.20. The molecule has 0 fully saturated rings. The summed E-state index contributed by atoms with van der Waals surface area (Å²) in [5.74, 6) is 2.09. The van der Waals surface area contributed by atoms with Gasteiger partial charge < -0.3 is 14.5 Å². The summed E-state index contributed by atoms with van der Waals surface area (Å²) < 4.78 is 11.0. The number of hydrogen-bond donors (Lipinski definition) is 1. The summed E-state index contributed by atoms with van der Waals surface area (Å²) in [6.07, 6.45) is 5.26. The first-order valence-corrected chi connectivity index (χ1v) is 7.38. The van der Waals surface area contributed by atoms with Crippen LogP contribution in [0.5, 0.6) is 5.75 Å². The molecule has 106 valence electrons. The Kier molecular flexibility index (Phi) is 4.07. The van der Waals surface area contributed by atoms with E-state index in [2.05, 4.69) is 23.5 Å². The van der Waals surface area contributed by atoms with Crippen molar-refractivity contribution >= 4 is 0 Å². The highest BCUT2D eigenvalue weighted by atomic mass is 16.5. The van der Waals surface area contributed by atoms with Crippen molar-refractivity contribution in [3.8, 4) is 5.75 Å². The maximum Gasteiger partial charge on any atom is 0.119 e. The quantitative estimate of drug-likeness (QED) is 0.897. The van der Waals surface area contributed by atoms with Gasteiger partial charge in [0.05, 0.1) is 12.9 Å². The van der Waals surface area contributed by atoms with Gasteiger partial charge in [-0.15, -0.1) is 0 Å². The monoisotopic (exact) mass is 271 g/mol. The molecule has 0 saturated heterocycles. The lowest BCUT2D eigenvalue weighted by molar-refractivity contribution is 0.340. The van der Waals surface area contributed by atoms with Crippen LogP contribution < -0.4 is 10.1 Å². The maximum atomic E-state index is 5.52. The normalized spacial score (nSPS) is 17.8. The first kappa shape index (κ1) is 13.3. The Morgan fingerprint density at radius 3 is 2.90 bits per heavy atom. The van der Waals surface area contributed by atoms with Crippen LogP contribution >= 0.6 is 0 Å².